The van der Waals surface area contributed by atoms with Crippen LogP contribution >= 0.6 is 0 Å². The lowest BCUT2D eigenvalue weighted by atomic mass is 9.75. The molecule has 1 saturated carbocycles. The number of aliphatic carboxylic acids is 1. The van der Waals surface area contributed by atoms with Crippen LogP contribution in [0.2, 0.25) is 0 Å². The van der Waals surface area contributed by atoms with Crippen molar-refractivity contribution in [1.29, 1.82) is 0 Å². The van der Waals surface area contributed by atoms with E-state index in [1.807, 2.05) is 23.8 Å². The summed E-state index contributed by atoms with van der Waals surface area (Å²) in [6, 6.07) is 10.4. The fourth-order valence-corrected chi connectivity index (χ4v) is 3.51. The minimum Gasteiger partial charge on any atom is -0.481 e. The Balaban J connectivity index is 1.89. The Labute approximate surface area is 124 Å². The monoisotopic (exact) mass is 284 g/mol. The van der Waals surface area contributed by atoms with Gasteiger partial charge in [0.25, 0.3) is 0 Å². The number of imidazole rings is 1. The van der Waals surface area contributed by atoms with Crippen LogP contribution in [-0.2, 0) is 4.79 Å². The highest BCUT2D eigenvalue weighted by Gasteiger charge is 2.36. The molecule has 4 heteroatoms. The average molecular weight is 284 g/mol. The van der Waals surface area contributed by atoms with E-state index in [9.17, 15) is 9.90 Å². The van der Waals surface area contributed by atoms with Gasteiger partial charge in [-0.15, -0.1) is 0 Å². The van der Waals surface area contributed by atoms with Crippen molar-refractivity contribution < 1.29 is 9.90 Å². The number of aryl methyl sites for hydroxylation is 1. The summed E-state index contributed by atoms with van der Waals surface area (Å²) in [6.45, 7) is 1.94. The lowest BCUT2D eigenvalue weighted by Gasteiger charge is -2.35. The van der Waals surface area contributed by atoms with Crippen molar-refractivity contribution in [3.8, 4) is 0 Å². The Kier molecular flexibility index (Phi) is 3.78. The van der Waals surface area contributed by atoms with Crippen LogP contribution in [0.4, 0.5) is 0 Å². The summed E-state index contributed by atoms with van der Waals surface area (Å²) >= 11 is 0. The Hall–Kier alpha value is -2.10. The van der Waals surface area contributed by atoms with E-state index in [0.717, 1.165) is 25.1 Å². The lowest BCUT2D eigenvalue weighted by Crippen LogP contribution is -2.32. The van der Waals surface area contributed by atoms with E-state index < -0.39 is 5.97 Å². The molecule has 1 fully saturated rings. The zero-order chi connectivity index (χ0) is 14.8. The number of benzene rings is 1. The molecule has 0 amide bonds. The van der Waals surface area contributed by atoms with E-state index in [0.29, 0.717) is 5.92 Å². The molecule has 1 aliphatic carbocycles. The summed E-state index contributed by atoms with van der Waals surface area (Å²) in [4.78, 5) is 15.8. The number of carboxylic acids is 1. The van der Waals surface area contributed by atoms with Crippen LogP contribution in [0.25, 0.3) is 0 Å². The van der Waals surface area contributed by atoms with Gasteiger partial charge in [-0.1, -0.05) is 30.3 Å². The molecule has 21 heavy (non-hydrogen) atoms. The maximum atomic E-state index is 11.6. The minimum atomic E-state index is -0.695. The van der Waals surface area contributed by atoms with Gasteiger partial charge >= 0.3 is 5.97 Å². The molecule has 1 heterocycles. The third-order valence-electron chi connectivity index (χ3n) is 4.62. The Morgan fingerprint density at radius 1 is 1.29 bits per heavy atom. The zero-order valence-electron chi connectivity index (χ0n) is 12.1. The van der Waals surface area contributed by atoms with Crippen LogP contribution in [-0.4, -0.2) is 20.6 Å². The lowest BCUT2D eigenvalue weighted by molar-refractivity contribution is -0.144. The Bertz CT molecular complexity index is 621. The van der Waals surface area contributed by atoms with Crippen molar-refractivity contribution in [2.45, 2.75) is 38.1 Å². The Morgan fingerprint density at radius 3 is 2.67 bits per heavy atom. The zero-order valence-corrected chi connectivity index (χ0v) is 12.1. The van der Waals surface area contributed by atoms with Crippen molar-refractivity contribution in [1.82, 2.24) is 9.55 Å². The van der Waals surface area contributed by atoms with Crippen LogP contribution < -0.4 is 0 Å². The summed E-state index contributed by atoms with van der Waals surface area (Å²) in [7, 11) is 0. The summed E-state index contributed by atoms with van der Waals surface area (Å²) in [6.07, 6.45) is 6.17. The number of carbonyl (C=O) groups is 1. The summed E-state index contributed by atoms with van der Waals surface area (Å²) in [5.74, 6) is 0.297. The van der Waals surface area contributed by atoms with Crippen LogP contribution in [0.1, 0.15) is 42.6 Å². The van der Waals surface area contributed by atoms with Gasteiger partial charge in [-0.25, -0.2) is 4.98 Å². The van der Waals surface area contributed by atoms with E-state index in [1.165, 1.54) is 5.56 Å². The molecule has 1 aromatic carbocycles. The van der Waals surface area contributed by atoms with Crippen molar-refractivity contribution in [2.24, 2.45) is 5.92 Å². The molecule has 0 saturated heterocycles. The second kappa shape index (κ2) is 5.72. The predicted octanol–water partition coefficient (Wildman–Crippen LogP) is 3.40. The van der Waals surface area contributed by atoms with Gasteiger partial charge in [0.1, 0.15) is 5.82 Å². The first-order valence-corrected chi connectivity index (χ1v) is 7.44. The molecule has 1 aromatic heterocycles. The van der Waals surface area contributed by atoms with Crippen molar-refractivity contribution in [2.75, 3.05) is 0 Å². The van der Waals surface area contributed by atoms with Crippen molar-refractivity contribution >= 4 is 5.97 Å². The first kappa shape index (κ1) is 13.9. The topological polar surface area (TPSA) is 55.1 Å². The second-order valence-electron chi connectivity index (χ2n) is 5.81. The van der Waals surface area contributed by atoms with E-state index in [2.05, 4.69) is 29.2 Å². The highest BCUT2D eigenvalue weighted by molar-refractivity contribution is 5.70. The number of aromatic nitrogens is 2. The van der Waals surface area contributed by atoms with Crippen LogP contribution in [0, 0.1) is 12.8 Å². The molecular formula is C17H20N2O2. The second-order valence-corrected chi connectivity index (χ2v) is 5.81. The molecular weight excluding hydrogens is 264 g/mol. The predicted molar refractivity (Wildman–Crippen MR) is 80.2 cm³/mol. The first-order chi connectivity index (χ1) is 10.2. The summed E-state index contributed by atoms with van der Waals surface area (Å²) in [5, 5.41) is 9.52. The minimum absolute atomic E-state index is 0.0102. The first-order valence-electron chi connectivity index (χ1n) is 7.44. The van der Waals surface area contributed by atoms with E-state index in [1.54, 1.807) is 6.20 Å². The molecule has 0 spiro atoms. The molecule has 1 N–H and O–H groups in total. The maximum absolute atomic E-state index is 11.6. The molecule has 3 atom stereocenters. The molecule has 2 aromatic rings. The van der Waals surface area contributed by atoms with Crippen molar-refractivity contribution in [3.05, 3.63) is 54.1 Å². The molecule has 3 rings (SSSR count). The van der Waals surface area contributed by atoms with Crippen molar-refractivity contribution in [3.63, 3.8) is 0 Å². The van der Waals surface area contributed by atoms with E-state index in [4.69, 9.17) is 0 Å². The smallest absolute Gasteiger partial charge is 0.308 e. The molecule has 3 unspecified atom stereocenters. The largest absolute Gasteiger partial charge is 0.481 e. The summed E-state index contributed by atoms with van der Waals surface area (Å²) < 4.78 is 2.04. The molecule has 4 nitrogen and oxygen atoms in total. The number of rotatable bonds is 3. The van der Waals surface area contributed by atoms with Crippen LogP contribution in [0.15, 0.2) is 42.7 Å². The highest BCUT2D eigenvalue weighted by Crippen LogP contribution is 2.42. The standard InChI is InChI=1S/C17H20N2O2/c1-12-18-9-10-19(12)16-11-14(7-8-15(16)17(20)21)13-5-3-2-4-6-13/h2-6,9-10,14-16H,7-8,11H2,1H3,(H,20,21). The number of carboxylic acid groups (broad SMARTS) is 1. The molecule has 0 aliphatic heterocycles. The Morgan fingerprint density at radius 2 is 2.05 bits per heavy atom. The number of nitrogens with zero attached hydrogens (tertiary/aromatic N) is 2. The molecule has 0 bridgehead atoms. The quantitative estimate of drug-likeness (QED) is 0.939. The van der Waals surface area contributed by atoms with Gasteiger partial charge in [0.2, 0.25) is 0 Å². The number of hydrogen-bond donors (Lipinski definition) is 1. The van der Waals surface area contributed by atoms with Crippen LogP contribution in [0.3, 0.4) is 0 Å². The third-order valence-corrected chi connectivity index (χ3v) is 4.62. The van der Waals surface area contributed by atoms with E-state index in [-0.39, 0.29) is 12.0 Å². The molecule has 110 valence electrons. The van der Waals surface area contributed by atoms with Gasteiger partial charge in [-0.3, -0.25) is 4.79 Å². The SMILES string of the molecule is Cc1nccn1C1CC(c2ccccc2)CCC1C(=O)O. The molecule has 0 radical (unpaired) electrons. The third kappa shape index (κ3) is 2.71. The fourth-order valence-electron chi connectivity index (χ4n) is 3.51. The van der Waals surface area contributed by atoms with Gasteiger partial charge in [-0.05, 0) is 37.7 Å². The van der Waals surface area contributed by atoms with Gasteiger partial charge in [0.15, 0.2) is 0 Å². The average Bonchev–Trinajstić information content (AvgIpc) is 2.93. The highest BCUT2D eigenvalue weighted by atomic mass is 16.4. The normalized spacial score (nSPS) is 25.7. The summed E-state index contributed by atoms with van der Waals surface area (Å²) in [5.41, 5.74) is 1.31. The fraction of sp³-hybridized carbons (Fsp3) is 0.412. The van der Waals surface area contributed by atoms with Gasteiger partial charge < -0.3 is 9.67 Å². The van der Waals surface area contributed by atoms with Gasteiger partial charge in [-0.2, -0.15) is 0 Å². The molecule has 1 aliphatic rings. The maximum Gasteiger partial charge on any atom is 0.308 e. The van der Waals surface area contributed by atoms with E-state index >= 15 is 0 Å². The van der Waals surface area contributed by atoms with Gasteiger partial charge in [0, 0.05) is 18.4 Å². The van der Waals surface area contributed by atoms with Gasteiger partial charge in [0.05, 0.1) is 5.92 Å². The number of hydrogen-bond acceptors (Lipinski definition) is 2. The van der Waals surface area contributed by atoms with Crippen LogP contribution in [0.5, 0.6) is 0 Å².